The molecule has 0 aliphatic heterocycles. The van der Waals surface area contributed by atoms with Crippen LogP contribution in [0.1, 0.15) is 34.9 Å². The summed E-state index contributed by atoms with van der Waals surface area (Å²) in [4.78, 5) is 10.1. The van der Waals surface area contributed by atoms with E-state index in [9.17, 15) is 15.0 Å². The molecule has 3 atom stereocenters. The van der Waals surface area contributed by atoms with E-state index in [-0.39, 0.29) is 6.04 Å². The van der Waals surface area contributed by atoms with Crippen LogP contribution in [-0.4, -0.2) is 28.4 Å². The van der Waals surface area contributed by atoms with Gasteiger partial charge in [-0.3, -0.25) is 0 Å². The number of carbonyl (C=O) groups excluding carboxylic acids is 1. The van der Waals surface area contributed by atoms with Crippen molar-refractivity contribution in [3.63, 3.8) is 0 Å². The summed E-state index contributed by atoms with van der Waals surface area (Å²) in [5, 5.41) is 36.3. The highest BCUT2D eigenvalue weighted by Crippen LogP contribution is 2.24. The molecule has 0 saturated carbocycles. The average molecular weight is 397 g/mol. The van der Waals surface area contributed by atoms with Crippen molar-refractivity contribution in [2.45, 2.75) is 18.2 Å². The fourth-order valence-corrected chi connectivity index (χ4v) is 2.54. The largest absolute Gasteiger partial charge is 0.547 e. The van der Waals surface area contributed by atoms with E-state index >= 15 is 0 Å². The lowest BCUT2D eigenvalue weighted by molar-refractivity contribution is -0.446. The predicted octanol–water partition coefficient (Wildman–Crippen LogP) is 0.782. The van der Waals surface area contributed by atoms with Gasteiger partial charge >= 0.3 is 0 Å². The molecule has 6 nitrogen and oxygen atoms in total. The number of carboxylic acid groups (broad SMARTS) is 1. The molecule has 6 N–H and O–H groups in total. The van der Waals surface area contributed by atoms with E-state index in [1.165, 1.54) is 12.1 Å². The number of aliphatic carboxylic acids is 1. The average Bonchev–Trinajstić information content (AvgIpc) is 2.81. The van der Waals surface area contributed by atoms with Crippen molar-refractivity contribution in [2.24, 2.45) is 0 Å². The van der Waals surface area contributed by atoms with Gasteiger partial charge in [-0.2, -0.15) is 0 Å². The number of rotatable bonds is 5. The molecular weight excluding hydrogens is 370 g/mol. The molecule has 29 heavy (non-hydrogen) atoms. The van der Waals surface area contributed by atoms with E-state index in [4.69, 9.17) is 10.2 Å². The molecule has 3 rings (SSSR count). The molecule has 3 aromatic carbocycles. The highest BCUT2D eigenvalue weighted by atomic mass is 16.4. The Hall–Kier alpha value is -3.03. The molecule has 0 bridgehead atoms. The van der Waals surface area contributed by atoms with Crippen molar-refractivity contribution in [3.05, 3.63) is 108 Å². The highest BCUT2D eigenvalue weighted by molar-refractivity contribution is 5.71. The monoisotopic (exact) mass is 397 g/mol. The van der Waals surface area contributed by atoms with Gasteiger partial charge in [0.25, 0.3) is 0 Å². The van der Waals surface area contributed by atoms with Gasteiger partial charge in [0.1, 0.15) is 18.2 Å². The normalized spacial score (nSPS) is 12.9. The van der Waals surface area contributed by atoms with Gasteiger partial charge in [-0.15, -0.1) is 0 Å². The first-order valence-corrected chi connectivity index (χ1v) is 9.00. The summed E-state index contributed by atoms with van der Waals surface area (Å²) in [5.41, 5.74) is 6.34. The number of benzene rings is 3. The number of carbonyl (C=O) groups is 1. The smallest absolute Gasteiger partial charge is 0.140 e. The molecule has 0 aliphatic rings. The zero-order chi connectivity index (χ0) is 21.6. The topological polar surface area (TPSA) is 128 Å². The Bertz CT molecular complexity index is 769. The summed E-state index contributed by atoms with van der Waals surface area (Å²) in [6.45, 7) is 0. The highest BCUT2D eigenvalue weighted by Gasteiger charge is 2.21. The number of hydrogen-bond donors (Lipinski definition) is 4. The van der Waals surface area contributed by atoms with E-state index in [1.54, 1.807) is 18.2 Å². The van der Waals surface area contributed by atoms with Crippen molar-refractivity contribution in [2.75, 3.05) is 7.11 Å². The van der Waals surface area contributed by atoms with Crippen LogP contribution in [0, 0.1) is 0 Å². The SMILES string of the molecule is CO.O=C([O-])[C@@H](O)c1ccccc1.[NH3+][C@@H](c1ccccc1)[C@H](O)c1ccccc1. The van der Waals surface area contributed by atoms with Gasteiger partial charge in [0, 0.05) is 12.7 Å². The van der Waals surface area contributed by atoms with Crippen LogP contribution >= 0.6 is 0 Å². The Morgan fingerprint density at radius 1 is 0.724 bits per heavy atom. The zero-order valence-electron chi connectivity index (χ0n) is 16.3. The van der Waals surface area contributed by atoms with E-state index in [0.717, 1.165) is 18.2 Å². The zero-order valence-corrected chi connectivity index (χ0v) is 16.3. The minimum atomic E-state index is -1.52. The summed E-state index contributed by atoms with van der Waals surface area (Å²) in [5.74, 6) is -1.48. The fraction of sp³-hybridized carbons (Fsp3) is 0.174. The summed E-state index contributed by atoms with van der Waals surface area (Å²) in [6.07, 6.45) is -2.07. The maximum absolute atomic E-state index is 10.2. The van der Waals surface area contributed by atoms with E-state index in [0.29, 0.717) is 5.56 Å². The Labute approximate surface area is 170 Å². The molecule has 3 aromatic rings. The lowest BCUT2D eigenvalue weighted by atomic mass is 9.97. The third kappa shape index (κ3) is 7.85. The number of quaternary nitrogens is 1. The quantitative estimate of drug-likeness (QED) is 0.506. The van der Waals surface area contributed by atoms with Crippen LogP contribution in [0.5, 0.6) is 0 Å². The van der Waals surface area contributed by atoms with Crippen LogP contribution in [0.2, 0.25) is 0 Å². The van der Waals surface area contributed by atoms with Crippen LogP contribution < -0.4 is 10.8 Å². The lowest BCUT2D eigenvalue weighted by Gasteiger charge is -2.16. The standard InChI is InChI=1S/C14H15NO.C8H8O3.CH4O/c15-13(11-7-3-1-4-8-11)14(16)12-9-5-2-6-10-12;9-7(8(10)11)6-4-2-1-3-5-6;1-2/h1-10,13-14,16H,15H2;1-5,7,9H,(H,10,11);2H,1H3/t13-,14+;7-;/m00./s1. The van der Waals surface area contributed by atoms with Crippen molar-refractivity contribution in [1.82, 2.24) is 0 Å². The van der Waals surface area contributed by atoms with Gasteiger partial charge in [0.15, 0.2) is 0 Å². The molecule has 0 amide bonds. The van der Waals surface area contributed by atoms with Gasteiger partial charge in [0.2, 0.25) is 0 Å². The molecule has 0 saturated heterocycles. The Balaban J connectivity index is 0.000000284. The van der Waals surface area contributed by atoms with Crippen molar-refractivity contribution in [3.8, 4) is 0 Å². The molecule has 6 heteroatoms. The third-order valence-corrected chi connectivity index (χ3v) is 4.09. The third-order valence-electron chi connectivity index (χ3n) is 4.09. The summed E-state index contributed by atoms with van der Waals surface area (Å²) in [7, 11) is 1.00. The molecule has 0 aliphatic carbocycles. The van der Waals surface area contributed by atoms with Gasteiger partial charge in [0.05, 0.1) is 5.97 Å². The fourth-order valence-electron chi connectivity index (χ4n) is 2.54. The molecule has 0 heterocycles. The van der Waals surface area contributed by atoms with Crippen LogP contribution in [0.25, 0.3) is 0 Å². The second-order valence-electron chi connectivity index (χ2n) is 6.00. The van der Waals surface area contributed by atoms with Gasteiger partial charge in [-0.1, -0.05) is 91.0 Å². The molecule has 154 valence electrons. The van der Waals surface area contributed by atoms with Crippen LogP contribution in [0.4, 0.5) is 0 Å². The second kappa shape index (κ2) is 13.2. The van der Waals surface area contributed by atoms with Crippen LogP contribution in [0.15, 0.2) is 91.0 Å². The molecule has 0 spiro atoms. The van der Waals surface area contributed by atoms with E-state index < -0.39 is 18.2 Å². The van der Waals surface area contributed by atoms with Crippen molar-refractivity contribution in [1.29, 1.82) is 0 Å². The van der Waals surface area contributed by atoms with Crippen molar-refractivity contribution >= 4 is 5.97 Å². The number of hydrogen-bond acceptors (Lipinski definition) is 5. The minimum absolute atomic E-state index is 0.136. The summed E-state index contributed by atoms with van der Waals surface area (Å²) < 4.78 is 0. The Morgan fingerprint density at radius 3 is 1.45 bits per heavy atom. The van der Waals surface area contributed by atoms with Gasteiger partial charge in [-0.25, -0.2) is 0 Å². The molecule has 0 unspecified atom stereocenters. The molecule has 0 fully saturated rings. The first-order chi connectivity index (χ1) is 14.0. The van der Waals surface area contributed by atoms with Crippen LogP contribution in [0.3, 0.4) is 0 Å². The Morgan fingerprint density at radius 2 is 1.07 bits per heavy atom. The second-order valence-corrected chi connectivity index (χ2v) is 6.00. The predicted molar refractivity (Wildman–Crippen MR) is 108 cm³/mol. The van der Waals surface area contributed by atoms with Crippen LogP contribution in [-0.2, 0) is 4.79 Å². The maximum atomic E-state index is 10.2. The first-order valence-electron chi connectivity index (χ1n) is 9.00. The summed E-state index contributed by atoms with van der Waals surface area (Å²) >= 11 is 0. The van der Waals surface area contributed by atoms with Crippen molar-refractivity contribution < 1.29 is 31.0 Å². The lowest BCUT2D eigenvalue weighted by Crippen LogP contribution is -2.56. The Kier molecular flexibility index (Phi) is 10.9. The number of aliphatic hydroxyl groups is 3. The first kappa shape index (κ1) is 24.0. The minimum Gasteiger partial charge on any atom is -0.547 e. The molecule has 0 radical (unpaired) electrons. The van der Waals surface area contributed by atoms with Gasteiger partial charge < -0.3 is 31.0 Å². The molecular formula is C23H27NO5. The number of aliphatic hydroxyl groups excluding tert-OH is 3. The maximum Gasteiger partial charge on any atom is 0.140 e. The van der Waals surface area contributed by atoms with E-state index in [2.05, 4.69) is 5.73 Å². The summed E-state index contributed by atoms with van der Waals surface area (Å²) in [6, 6.07) is 27.5. The van der Waals surface area contributed by atoms with E-state index in [1.807, 2.05) is 60.7 Å². The molecule has 0 aromatic heterocycles. The van der Waals surface area contributed by atoms with Gasteiger partial charge in [-0.05, 0) is 11.1 Å². The number of carboxylic acids is 1.